The Hall–Kier alpha value is -2.87. The summed E-state index contributed by atoms with van der Waals surface area (Å²) in [5, 5.41) is 4.92. The van der Waals surface area contributed by atoms with Crippen LogP contribution in [0.15, 0.2) is 41.8 Å². The van der Waals surface area contributed by atoms with Gasteiger partial charge in [0.25, 0.3) is 11.8 Å². The molecule has 0 saturated carbocycles. The number of hydrogen-bond acceptors (Lipinski definition) is 5. The standard InChI is InChI=1S/C24H29N3O4S/c1-31-19-8-6-18(7-9-19)22(28)25-21(24(30)26-12-2-3-13-26)17-10-14-27(15-11-17)23(29)20-5-4-16-32-20/h4-9,16-17,21H,2-3,10-15H2,1H3,(H,25,28)/t21-/m1/s1. The van der Waals surface area contributed by atoms with Crippen LogP contribution in [0.1, 0.15) is 45.7 Å². The van der Waals surface area contributed by atoms with Gasteiger partial charge in [-0.05, 0) is 67.3 Å². The van der Waals surface area contributed by atoms with Gasteiger partial charge in [-0.1, -0.05) is 6.07 Å². The maximum atomic E-state index is 13.3. The minimum atomic E-state index is -0.582. The van der Waals surface area contributed by atoms with E-state index < -0.39 is 6.04 Å². The molecule has 1 aromatic carbocycles. The molecule has 32 heavy (non-hydrogen) atoms. The van der Waals surface area contributed by atoms with Crippen LogP contribution in [0.3, 0.4) is 0 Å². The molecule has 4 rings (SSSR count). The highest BCUT2D eigenvalue weighted by molar-refractivity contribution is 7.12. The quantitative estimate of drug-likeness (QED) is 0.726. The normalized spacial score (nSPS) is 17.8. The van der Waals surface area contributed by atoms with Crippen molar-refractivity contribution in [1.29, 1.82) is 0 Å². The predicted molar refractivity (Wildman–Crippen MR) is 123 cm³/mol. The first-order valence-corrected chi connectivity index (χ1v) is 12.0. The van der Waals surface area contributed by atoms with E-state index in [0.717, 1.165) is 30.8 Å². The molecule has 2 aliphatic heterocycles. The summed E-state index contributed by atoms with van der Waals surface area (Å²) in [4.78, 5) is 43.4. The van der Waals surface area contributed by atoms with Crippen molar-refractivity contribution in [2.75, 3.05) is 33.3 Å². The number of benzene rings is 1. The first kappa shape index (κ1) is 22.3. The van der Waals surface area contributed by atoms with E-state index in [1.165, 1.54) is 11.3 Å². The fourth-order valence-corrected chi connectivity index (χ4v) is 5.17. The third-order valence-electron chi connectivity index (χ3n) is 6.35. The second-order valence-corrected chi connectivity index (χ2v) is 9.27. The monoisotopic (exact) mass is 455 g/mol. The van der Waals surface area contributed by atoms with E-state index in [2.05, 4.69) is 5.32 Å². The van der Waals surface area contributed by atoms with Crippen molar-refractivity contribution >= 4 is 29.1 Å². The molecule has 1 atom stereocenters. The molecule has 1 N–H and O–H groups in total. The molecule has 0 bridgehead atoms. The van der Waals surface area contributed by atoms with Crippen molar-refractivity contribution < 1.29 is 19.1 Å². The van der Waals surface area contributed by atoms with Crippen molar-refractivity contribution in [2.24, 2.45) is 5.92 Å². The molecule has 3 heterocycles. The van der Waals surface area contributed by atoms with E-state index in [9.17, 15) is 14.4 Å². The van der Waals surface area contributed by atoms with Gasteiger partial charge in [0.05, 0.1) is 12.0 Å². The van der Waals surface area contributed by atoms with Gasteiger partial charge in [-0.2, -0.15) is 0 Å². The van der Waals surface area contributed by atoms with Gasteiger partial charge in [-0.25, -0.2) is 0 Å². The zero-order valence-corrected chi connectivity index (χ0v) is 19.1. The number of piperidine rings is 1. The lowest BCUT2D eigenvalue weighted by Gasteiger charge is -2.37. The van der Waals surface area contributed by atoms with Gasteiger partial charge >= 0.3 is 0 Å². The summed E-state index contributed by atoms with van der Waals surface area (Å²) < 4.78 is 5.16. The molecule has 0 radical (unpaired) electrons. The average Bonchev–Trinajstić information content (AvgIpc) is 3.56. The molecule has 0 unspecified atom stereocenters. The van der Waals surface area contributed by atoms with Crippen LogP contribution >= 0.6 is 11.3 Å². The van der Waals surface area contributed by atoms with Crippen molar-refractivity contribution in [2.45, 2.75) is 31.7 Å². The fourth-order valence-electron chi connectivity index (χ4n) is 4.47. The van der Waals surface area contributed by atoms with Crippen LogP contribution in [-0.2, 0) is 4.79 Å². The lowest BCUT2D eigenvalue weighted by Crippen LogP contribution is -2.54. The molecule has 2 fully saturated rings. The number of hydrogen-bond donors (Lipinski definition) is 1. The largest absolute Gasteiger partial charge is 0.497 e. The van der Waals surface area contributed by atoms with Crippen LogP contribution in [0.2, 0.25) is 0 Å². The predicted octanol–water partition coefficient (Wildman–Crippen LogP) is 3.03. The minimum Gasteiger partial charge on any atom is -0.497 e. The lowest BCUT2D eigenvalue weighted by atomic mass is 9.88. The maximum absolute atomic E-state index is 13.3. The van der Waals surface area contributed by atoms with E-state index in [0.29, 0.717) is 37.2 Å². The van der Waals surface area contributed by atoms with E-state index >= 15 is 0 Å². The maximum Gasteiger partial charge on any atom is 0.263 e. The number of likely N-dealkylation sites (tertiary alicyclic amines) is 2. The molecule has 8 heteroatoms. The highest BCUT2D eigenvalue weighted by Gasteiger charge is 2.37. The molecule has 2 saturated heterocycles. The smallest absolute Gasteiger partial charge is 0.263 e. The summed E-state index contributed by atoms with van der Waals surface area (Å²) in [6, 6.07) is 10.0. The molecule has 3 amide bonds. The van der Waals surface area contributed by atoms with Crippen LogP contribution in [-0.4, -0.2) is 66.9 Å². The second-order valence-electron chi connectivity index (χ2n) is 8.32. The van der Waals surface area contributed by atoms with Crippen molar-refractivity contribution in [3.63, 3.8) is 0 Å². The number of methoxy groups -OCH3 is 1. The first-order valence-electron chi connectivity index (χ1n) is 11.1. The van der Waals surface area contributed by atoms with E-state index in [-0.39, 0.29) is 23.6 Å². The number of ether oxygens (including phenoxy) is 1. The van der Waals surface area contributed by atoms with Gasteiger partial charge in [0.1, 0.15) is 11.8 Å². The molecule has 170 valence electrons. The SMILES string of the molecule is COc1ccc(C(=O)N[C@@H](C(=O)N2CCCC2)C2CCN(C(=O)c3cccs3)CC2)cc1. The molecule has 2 aromatic rings. The Bertz CT molecular complexity index is 931. The van der Waals surface area contributed by atoms with Crippen molar-refractivity contribution in [3.8, 4) is 5.75 Å². The number of carbonyl (C=O) groups excluding carboxylic acids is 3. The Balaban J connectivity index is 1.45. The summed E-state index contributed by atoms with van der Waals surface area (Å²) in [5.74, 6) is 0.449. The van der Waals surface area contributed by atoms with Crippen LogP contribution in [0.25, 0.3) is 0 Å². The van der Waals surface area contributed by atoms with Gasteiger partial charge in [-0.15, -0.1) is 11.3 Å². The van der Waals surface area contributed by atoms with Crippen LogP contribution in [0.4, 0.5) is 0 Å². The van der Waals surface area contributed by atoms with Crippen LogP contribution in [0.5, 0.6) is 5.75 Å². The minimum absolute atomic E-state index is 0.00214. The zero-order chi connectivity index (χ0) is 22.5. The first-order chi connectivity index (χ1) is 15.6. The molecule has 1 aromatic heterocycles. The third-order valence-corrected chi connectivity index (χ3v) is 7.21. The topological polar surface area (TPSA) is 79.0 Å². The Kier molecular flexibility index (Phi) is 7.09. The van der Waals surface area contributed by atoms with Crippen LogP contribution < -0.4 is 10.1 Å². The number of thiophene rings is 1. The Morgan fingerprint density at radius 2 is 1.69 bits per heavy atom. The summed E-state index contributed by atoms with van der Waals surface area (Å²) in [5.41, 5.74) is 0.496. The number of nitrogens with zero attached hydrogens (tertiary/aromatic N) is 2. The number of nitrogens with one attached hydrogen (secondary N) is 1. The number of amides is 3. The Labute approximate surface area is 192 Å². The van der Waals surface area contributed by atoms with Gasteiger partial charge in [0, 0.05) is 31.7 Å². The average molecular weight is 456 g/mol. The van der Waals surface area contributed by atoms with Gasteiger partial charge < -0.3 is 19.9 Å². The number of carbonyl (C=O) groups is 3. The Morgan fingerprint density at radius 1 is 1.00 bits per heavy atom. The second kappa shape index (κ2) is 10.2. The van der Waals surface area contributed by atoms with E-state index in [1.54, 1.807) is 31.4 Å². The van der Waals surface area contributed by atoms with Crippen LogP contribution in [0, 0.1) is 5.92 Å². The van der Waals surface area contributed by atoms with E-state index in [4.69, 9.17) is 4.74 Å². The Morgan fingerprint density at radius 3 is 2.28 bits per heavy atom. The summed E-state index contributed by atoms with van der Waals surface area (Å²) in [6.07, 6.45) is 3.37. The lowest BCUT2D eigenvalue weighted by molar-refractivity contribution is -0.134. The fraction of sp³-hybridized carbons (Fsp3) is 0.458. The summed E-state index contributed by atoms with van der Waals surface area (Å²) in [6.45, 7) is 2.65. The molecular weight excluding hydrogens is 426 g/mol. The van der Waals surface area contributed by atoms with Gasteiger partial charge in [0.2, 0.25) is 5.91 Å². The molecule has 2 aliphatic rings. The molecule has 7 nitrogen and oxygen atoms in total. The summed E-state index contributed by atoms with van der Waals surface area (Å²) in [7, 11) is 1.58. The van der Waals surface area contributed by atoms with Gasteiger partial charge in [0.15, 0.2) is 0 Å². The number of rotatable bonds is 6. The molecule has 0 aliphatic carbocycles. The molecular formula is C24H29N3O4S. The highest BCUT2D eigenvalue weighted by Crippen LogP contribution is 2.26. The zero-order valence-electron chi connectivity index (χ0n) is 18.3. The van der Waals surface area contributed by atoms with Crippen molar-refractivity contribution in [3.05, 3.63) is 52.2 Å². The summed E-state index contributed by atoms with van der Waals surface area (Å²) >= 11 is 1.44. The van der Waals surface area contributed by atoms with E-state index in [1.807, 2.05) is 27.3 Å². The van der Waals surface area contributed by atoms with Crippen molar-refractivity contribution in [1.82, 2.24) is 15.1 Å². The highest BCUT2D eigenvalue weighted by atomic mass is 32.1. The molecule has 0 spiro atoms. The third kappa shape index (κ3) is 4.96. The van der Waals surface area contributed by atoms with Gasteiger partial charge in [-0.3, -0.25) is 14.4 Å².